The first-order chi connectivity index (χ1) is 8.63. The van der Waals surface area contributed by atoms with Crippen LogP contribution in [0.15, 0.2) is 10.2 Å². The Labute approximate surface area is 118 Å². The summed E-state index contributed by atoms with van der Waals surface area (Å²) >= 11 is 3.29. The van der Waals surface area contributed by atoms with Gasteiger partial charge in [0, 0.05) is 12.0 Å². The van der Waals surface area contributed by atoms with Gasteiger partial charge < -0.3 is 4.74 Å². The van der Waals surface area contributed by atoms with Crippen molar-refractivity contribution in [3.63, 3.8) is 0 Å². The van der Waals surface area contributed by atoms with Crippen LogP contribution in [0, 0.1) is 5.92 Å². The third kappa shape index (κ3) is 3.19. The lowest BCUT2D eigenvalue weighted by Gasteiger charge is -2.27. The molecule has 18 heavy (non-hydrogen) atoms. The standard InChI is InChI=1S/C13H20N2OS2/c1-8(2)5-9-6-11-10(7-16-9)12(17-3)15-13(14-11)18-4/h8-9H,5-7H2,1-4H3. The molecular formula is C13H20N2OS2. The highest BCUT2D eigenvalue weighted by molar-refractivity contribution is 7.99. The minimum absolute atomic E-state index is 0.316. The Bertz CT molecular complexity index is 424. The maximum Gasteiger partial charge on any atom is 0.188 e. The lowest BCUT2D eigenvalue weighted by molar-refractivity contribution is 0.0123. The van der Waals surface area contributed by atoms with Crippen LogP contribution in [0.2, 0.25) is 0 Å². The molecule has 1 aliphatic rings. The Morgan fingerprint density at radius 3 is 2.67 bits per heavy atom. The van der Waals surface area contributed by atoms with Gasteiger partial charge in [-0.05, 0) is 24.9 Å². The predicted octanol–water partition coefficient (Wildman–Crippen LogP) is 3.41. The van der Waals surface area contributed by atoms with Crippen LogP contribution >= 0.6 is 23.5 Å². The minimum atomic E-state index is 0.316. The maximum absolute atomic E-state index is 5.93. The van der Waals surface area contributed by atoms with E-state index in [1.165, 1.54) is 11.3 Å². The molecular weight excluding hydrogens is 264 g/mol. The molecule has 3 nitrogen and oxygen atoms in total. The van der Waals surface area contributed by atoms with Gasteiger partial charge >= 0.3 is 0 Å². The molecule has 1 aromatic rings. The van der Waals surface area contributed by atoms with E-state index in [9.17, 15) is 0 Å². The van der Waals surface area contributed by atoms with Gasteiger partial charge in [0.15, 0.2) is 5.16 Å². The highest BCUT2D eigenvalue weighted by atomic mass is 32.2. The van der Waals surface area contributed by atoms with Crippen molar-refractivity contribution in [1.29, 1.82) is 0 Å². The van der Waals surface area contributed by atoms with Crippen LogP contribution < -0.4 is 0 Å². The van der Waals surface area contributed by atoms with Crippen molar-refractivity contribution < 1.29 is 4.74 Å². The molecule has 0 bridgehead atoms. The van der Waals surface area contributed by atoms with E-state index in [1.54, 1.807) is 23.5 Å². The molecule has 1 atom stereocenters. The fourth-order valence-corrected chi connectivity index (χ4v) is 3.26. The molecule has 0 fully saturated rings. The zero-order valence-electron chi connectivity index (χ0n) is 11.4. The Hall–Kier alpha value is -0.260. The van der Waals surface area contributed by atoms with Crippen LogP contribution in [-0.2, 0) is 17.8 Å². The van der Waals surface area contributed by atoms with E-state index in [0.717, 1.165) is 23.0 Å². The first-order valence-electron chi connectivity index (χ1n) is 6.23. The summed E-state index contributed by atoms with van der Waals surface area (Å²) in [6.07, 6.45) is 6.44. The van der Waals surface area contributed by atoms with Crippen LogP contribution in [0.3, 0.4) is 0 Å². The number of fused-ring (bicyclic) bond motifs is 1. The second-order valence-electron chi connectivity index (χ2n) is 4.91. The summed E-state index contributed by atoms with van der Waals surface area (Å²) in [6.45, 7) is 5.14. The molecule has 1 aromatic heterocycles. The fraction of sp³-hybridized carbons (Fsp3) is 0.692. The molecule has 0 aliphatic carbocycles. The van der Waals surface area contributed by atoms with Crippen LogP contribution in [0.25, 0.3) is 0 Å². The molecule has 2 rings (SSSR count). The molecule has 0 radical (unpaired) electrons. The molecule has 1 aliphatic heterocycles. The van der Waals surface area contributed by atoms with Crippen LogP contribution in [0.4, 0.5) is 0 Å². The van der Waals surface area contributed by atoms with Crippen molar-refractivity contribution in [2.45, 2.75) is 49.6 Å². The molecule has 2 heterocycles. The summed E-state index contributed by atoms with van der Waals surface area (Å²) in [4.78, 5) is 9.20. The topological polar surface area (TPSA) is 35.0 Å². The normalized spacial score (nSPS) is 19.1. The number of hydrogen-bond acceptors (Lipinski definition) is 5. The van der Waals surface area contributed by atoms with Crippen LogP contribution in [-0.4, -0.2) is 28.6 Å². The molecule has 0 saturated carbocycles. The highest BCUT2D eigenvalue weighted by Crippen LogP contribution is 2.30. The molecule has 0 saturated heterocycles. The molecule has 1 unspecified atom stereocenters. The first-order valence-corrected chi connectivity index (χ1v) is 8.68. The van der Waals surface area contributed by atoms with Crippen molar-refractivity contribution in [3.05, 3.63) is 11.3 Å². The first kappa shape index (κ1) is 14.2. The number of aromatic nitrogens is 2. The Balaban J connectivity index is 2.25. The summed E-state index contributed by atoms with van der Waals surface area (Å²) in [6, 6.07) is 0. The van der Waals surface area contributed by atoms with Crippen molar-refractivity contribution in [2.24, 2.45) is 5.92 Å². The van der Waals surface area contributed by atoms with Gasteiger partial charge in [-0.25, -0.2) is 9.97 Å². The Morgan fingerprint density at radius 1 is 1.28 bits per heavy atom. The zero-order chi connectivity index (χ0) is 13.1. The monoisotopic (exact) mass is 284 g/mol. The van der Waals surface area contributed by atoms with Gasteiger partial charge in [0.05, 0.1) is 18.4 Å². The van der Waals surface area contributed by atoms with Crippen molar-refractivity contribution in [2.75, 3.05) is 12.5 Å². The average Bonchev–Trinajstić information content (AvgIpc) is 2.36. The van der Waals surface area contributed by atoms with Crippen LogP contribution in [0.1, 0.15) is 31.5 Å². The van der Waals surface area contributed by atoms with E-state index in [0.29, 0.717) is 18.6 Å². The Morgan fingerprint density at radius 2 is 2.06 bits per heavy atom. The molecule has 0 N–H and O–H groups in total. The molecule has 0 aromatic carbocycles. The second-order valence-corrected chi connectivity index (χ2v) is 6.48. The van der Waals surface area contributed by atoms with E-state index >= 15 is 0 Å². The lowest BCUT2D eigenvalue weighted by atomic mass is 9.98. The second kappa shape index (κ2) is 6.26. The smallest absolute Gasteiger partial charge is 0.188 e. The van der Waals surface area contributed by atoms with Gasteiger partial charge in [-0.2, -0.15) is 0 Å². The quantitative estimate of drug-likeness (QED) is 0.481. The van der Waals surface area contributed by atoms with Gasteiger partial charge in [-0.1, -0.05) is 25.6 Å². The predicted molar refractivity (Wildman–Crippen MR) is 77.3 cm³/mol. The fourth-order valence-electron chi connectivity index (χ4n) is 2.21. The molecule has 0 spiro atoms. The van der Waals surface area contributed by atoms with E-state index in [2.05, 4.69) is 30.1 Å². The maximum atomic E-state index is 5.93. The lowest BCUT2D eigenvalue weighted by Crippen LogP contribution is -2.26. The van der Waals surface area contributed by atoms with E-state index < -0.39 is 0 Å². The number of thioether (sulfide) groups is 2. The molecule has 0 amide bonds. The molecule has 5 heteroatoms. The van der Waals surface area contributed by atoms with Crippen molar-refractivity contribution in [3.8, 4) is 0 Å². The summed E-state index contributed by atoms with van der Waals surface area (Å²) in [5.41, 5.74) is 2.39. The summed E-state index contributed by atoms with van der Waals surface area (Å²) in [5, 5.41) is 1.95. The zero-order valence-corrected chi connectivity index (χ0v) is 13.0. The molecule has 100 valence electrons. The number of hydrogen-bond donors (Lipinski definition) is 0. The third-order valence-electron chi connectivity index (χ3n) is 3.03. The van der Waals surface area contributed by atoms with Crippen molar-refractivity contribution >= 4 is 23.5 Å². The highest BCUT2D eigenvalue weighted by Gasteiger charge is 2.24. The number of nitrogens with zero attached hydrogens (tertiary/aromatic N) is 2. The largest absolute Gasteiger partial charge is 0.373 e. The van der Waals surface area contributed by atoms with Gasteiger partial charge in [-0.3, -0.25) is 0 Å². The van der Waals surface area contributed by atoms with Crippen LogP contribution in [0.5, 0.6) is 0 Å². The summed E-state index contributed by atoms with van der Waals surface area (Å²) in [7, 11) is 0. The van der Waals surface area contributed by atoms with E-state index in [1.807, 2.05) is 6.26 Å². The minimum Gasteiger partial charge on any atom is -0.373 e. The van der Waals surface area contributed by atoms with Gasteiger partial charge in [-0.15, -0.1) is 11.8 Å². The van der Waals surface area contributed by atoms with Gasteiger partial charge in [0.2, 0.25) is 0 Å². The third-order valence-corrected chi connectivity index (χ3v) is 4.30. The Kier molecular flexibility index (Phi) is 4.92. The number of rotatable bonds is 4. The van der Waals surface area contributed by atoms with Gasteiger partial charge in [0.25, 0.3) is 0 Å². The van der Waals surface area contributed by atoms with Gasteiger partial charge in [0.1, 0.15) is 5.03 Å². The van der Waals surface area contributed by atoms with Crippen molar-refractivity contribution in [1.82, 2.24) is 9.97 Å². The average molecular weight is 284 g/mol. The summed E-state index contributed by atoms with van der Waals surface area (Å²) < 4.78 is 5.93. The SMILES string of the molecule is CSc1nc2c(c(SC)n1)COC(CC(C)C)C2. The van der Waals surface area contributed by atoms with E-state index in [-0.39, 0.29) is 0 Å². The number of ether oxygens (including phenoxy) is 1. The van der Waals surface area contributed by atoms with E-state index in [4.69, 9.17) is 4.74 Å². The summed E-state index contributed by atoms with van der Waals surface area (Å²) in [5.74, 6) is 0.665.